The largest absolute Gasteiger partial charge is 0.460 e. The van der Waals surface area contributed by atoms with E-state index >= 15 is 0 Å². The van der Waals surface area contributed by atoms with E-state index in [4.69, 9.17) is 4.74 Å². The Morgan fingerprint density at radius 3 is 2.47 bits per heavy atom. The fourth-order valence-corrected chi connectivity index (χ4v) is 1.11. The molecule has 3 heteroatoms. The van der Waals surface area contributed by atoms with Crippen molar-refractivity contribution in [2.24, 2.45) is 5.92 Å². The first-order valence-corrected chi connectivity index (χ1v) is 5.80. The van der Waals surface area contributed by atoms with Crippen LogP contribution in [0.3, 0.4) is 0 Å². The molecule has 0 aromatic heterocycles. The molecule has 0 rings (SSSR count). The molecule has 0 saturated carbocycles. The summed E-state index contributed by atoms with van der Waals surface area (Å²) < 4.78 is 5.28. The number of carbonyl (C=O) groups is 1. The highest BCUT2D eigenvalue weighted by atomic mass is 16.6. The van der Waals surface area contributed by atoms with Crippen molar-refractivity contribution in [2.45, 2.75) is 53.1 Å². The van der Waals surface area contributed by atoms with Gasteiger partial charge in [0, 0.05) is 6.54 Å². The fourth-order valence-electron chi connectivity index (χ4n) is 1.11. The maximum absolute atomic E-state index is 11.6. The van der Waals surface area contributed by atoms with Crippen LogP contribution >= 0.6 is 0 Å². The van der Waals surface area contributed by atoms with E-state index < -0.39 is 0 Å². The molecule has 0 saturated heterocycles. The average Bonchev–Trinajstić information content (AvgIpc) is 2.09. The summed E-state index contributed by atoms with van der Waals surface area (Å²) in [7, 11) is 0. The van der Waals surface area contributed by atoms with Crippen molar-refractivity contribution >= 4 is 5.97 Å². The summed E-state index contributed by atoms with van der Waals surface area (Å²) in [4.78, 5) is 11.6. The topological polar surface area (TPSA) is 38.3 Å². The van der Waals surface area contributed by atoms with Crippen LogP contribution in [-0.4, -0.2) is 24.7 Å². The first kappa shape index (κ1) is 14.4. The molecule has 0 bridgehead atoms. The minimum atomic E-state index is -0.380. The monoisotopic (exact) mass is 215 g/mol. The Labute approximate surface area is 93.6 Å². The summed E-state index contributed by atoms with van der Waals surface area (Å²) in [6.07, 6.45) is 2.33. The quantitative estimate of drug-likeness (QED) is 0.546. The van der Waals surface area contributed by atoms with Crippen LogP contribution in [0.5, 0.6) is 0 Å². The summed E-state index contributed by atoms with van der Waals surface area (Å²) in [6.45, 7) is 11.4. The van der Waals surface area contributed by atoms with Crippen LogP contribution in [0.25, 0.3) is 0 Å². The van der Waals surface area contributed by atoms with Gasteiger partial charge in [0.25, 0.3) is 0 Å². The lowest BCUT2D eigenvalue weighted by Gasteiger charge is -2.22. The molecule has 0 fully saturated rings. The molecule has 0 aliphatic heterocycles. The van der Waals surface area contributed by atoms with Crippen LogP contribution in [0.4, 0.5) is 0 Å². The highest BCUT2D eigenvalue weighted by Crippen LogP contribution is 2.10. The second-order valence-electron chi connectivity index (χ2n) is 4.99. The van der Waals surface area contributed by atoms with E-state index in [0.29, 0.717) is 6.54 Å². The number of esters is 1. The molecule has 1 unspecified atom stereocenters. The van der Waals surface area contributed by atoms with Gasteiger partial charge in [-0.1, -0.05) is 20.3 Å². The number of nitrogens with one attached hydrogen (secondary N) is 1. The molecule has 0 aliphatic carbocycles. The zero-order valence-electron chi connectivity index (χ0n) is 10.7. The normalized spacial score (nSPS) is 13.7. The third-order valence-electron chi connectivity index (χ3n) is 1.97. The third-order valence-corrected chi connectivity index (χ3v) is 1.97. The second-order valence-corrected chi connectivity index (χ2v) is 4.99. The molecular weight excluding hydrogens is 190 g/mol. The summed E-state index contributed by atoms with van der Waals surface area (Å²) in [5.74, 6) is -0.187. The number of hydrogen-bond acceptors (Lipinski definition) is 3. The smallest absolute Gasteiger partial charge is 0.310 e. The van der Waals surface area contributed by atoms with Gasteiger partial charge < -0.3 is 10.1 Å². The van der Waals surface area contributed by atoms with Gasteiger partial charge in [-0.25, -0.2) is 0 Å². The van der Waals surface area contributed by atoms with Gasteiger partial charge in [-0.3, -0.25) is 4.79 Å². The first-order valence-electron chi connectivity index (χ1n) is 5.80. The van der Waals surface area contributed by atoms with Crippen LogP contribution in [0.1, 0.15) is 47.5 Å². The van der Waals surface area contributed by atoms with Gasteiger partial charge in [-0.15, -0.1) is 0 Å². The summed E-state index contributed by atoms with van der Waals surface area (Å²) in [5, 5.41) is 3.25. The molecule has 90 valence electrons. The Morgan fingerprint density at radius 2 is 2.00 bits per heavy atom. The average molecular weight is 215 g/mol. The summed E-state index contributed by atoms with van der Waals surface area (Å²) in [5.41, 5.74) is -0.380. The molecule has 0 spiro atoms. The van der Waals surface area contributed by atoms with Crippen molar-refractivity contribution in [3.05, 3.63) is 0 Å². The molecule has 0 amide bonds. The van der Waals surface area contributed by atoms with E-state index in [9.17, 15) is 4.79 Å². The molecule has 15 heavy (non-hydrogen) atoms. The van der Waals surface area contributed by atoms with Crippen LogP contribution in [0.15, 0.2) is 0 Å². The maximum Gasteiger partial charge on any atom is 0.310 e. The minimum absolute atomic E-state index is 0.0684. The van der Waals surface area contributed by atoms with Crippen LogP contribution in [0, 0.1) is 5.92 Å². The van der Waals surface area contributed by atoms with Crippen LogP contribution in [0.2, 0.25) is 0 Å². The van der Waals surface area contributed by atoms with Crippen LogP contribution in [-0.2, 0) is 9.53 Å². The van der Waals surface area contributed by atoms with Crippen molar-refractivity contribution in [1.29, 1.82) is 0 Å². The number of unbranched alkanes of at least 4 members (excludes halogenated alkanes) is 1. The summed E-state index contributed by atoms with van der Waals surface area (Å²) >= 11 is 0. The van der Waals surface area contributed by atoms with Crippen molar-refractivity contribution in [1.82, 2.24) is 5.32 Å². The Morgan fingerprint density at radius 1 is 1.40 bits per heavy atom. The molecule has 0 heterocycles. The number of hydrogen-bond donors (Lipinski definition) is 1. The minimum Gasteiger partial charge on any atom is -0.460 e. The van der Waals surface area contributed by atoms with Crippen molar-refractivity contribution in [3.8, 4) is 0 Å². The number of ether oxygens (including phenoxy) is 1. The molecule has 0 aromatic rings. The van der Waals surface area contributed by atoms with Crippen LogP contribution < -0.4 is 5.32 Å². The zero-order chi connectivity index (χ0) is 11.9. The molecular formula is C12H25NO2. The highest BCUT2D eigenvalue weighted by Gasteiger charge is 2.20. The van der Waals surface area contributed by atoms with Gasteiger partial charge >= 0.3 is 5.97 Å². The Balaban J connectivity index is 3.70. The van der Waals surface area contributed by atoms with E-state index in [0.717, 1.165) is 13.0 Å². The Hall–Kier alpha value is -0.570. The van der Waals surface area contributed by atoms with Gasteiger partial charge in [-0.2, -0.15) is 0 Å². The maximum atomic E-state index is 11.6. The lowest BCUT2D eigenvalue weighted by Crippen LogP contribution is -2.33. The summed E-state index contributed by atoms with van der Waals surface area (Å²) in [6, 6.07) is 0. The van der Waals surface area contributed by atoms with Gasteiger partial charge in [0.05, 0.1) is 5.92 Å². The Bertz CT molecular complexity index is 185. The third kappa shape index (κ3) is 8.43. The molecule has 0 radical (unpaired) electrons. The van der Waals surface area contributed by atoms with Gasteiger partial charge in [0.1, 0.15) is 5.60 Å². The molecule has 0 aliphatic rings. The molecule has 0 aromatic carbocycles. The number of rotatable bonds is 6. The van der Waals surface area contributed by atoms with Crippen molar-refractivity contribution in [2.75, 3.05) is 13.1 Å². The SMILES string of the molecule is CCCCNCC(C)C(=O)OC(C)(C)C. The predicted octanol–water partition coefficient (Wildman–Crippen LogP) is 2.35. The van der Waals surface area contributed by atoms with Gasteiger partial charge in [0.2, 0.25) is 0 Å². The standard InChI is InChI=1S/C12H25NO2/c1-6-7-8-13-9-10(2)11(14)15-12(3,4)5/h10,13H,6-9H2,1-5H3. The molecule has 1 atom stereocenters. The predicted molar refractivity (Wildman–Crippen MR) is 62.8 cm³/mol. The van der Waals surface area contributed by atoms with E-state index in [1.165, 1.54) is 6.42 Å². The first-order chi connectivity index (χ1) is 6.87. The fraction of sp³-hybridized carbons (Fsp3) is 0.917. The second kappa shape index (κ2) is 6.83. The van der Waals surface area contributed by atoms with E-state index in [-0.39, 0.29) is 17.5 Å². The van der Waals surface area contributed by atoms with E-state index in [2.05, 4.69) is 12.2 Å². The lowest BCUT2D eigenvalue weighted by molar-refractivity contribution is -0.159. The number of carbonyl (C=O) groups excluding carboxylic acids is 1. The van der Waals surface area contributed by atoms with E-state index in [1.807, 2.05) is 27.7 Å². The molecule has 3 nitrogen and oxygen atoms in total. The molecule has 1 N–H and O–H groups in total. The highest BCUT2D eigenvalue weighted by molar-refractivity contribution is 5.72. The van der Waals surface area contributed by atoms with Crippen molar-refractivity contribution < 1.29 is 9.53 Å². The zero-order valence-corrected chi connectivity index (χ0v) is 10.7. The lowest BCUT2D eigenvalue weighted by atomic mass is 10.1. The van der Waals surface area contributed by atoms with Gasteiger partial charge in [-0.05, 0) is 33.7 Å². The van der Waals surface area contributed by atoms with E-state index in [1.54, 1.807) is 0 Å². The Kier molecular flexibility index (Phi) is 6.57. The van der Waals surface area contributed by atoms with Gasteiger partial charge in [0.15, 0.2) is 0 Å². The van der Waals surface area contributed by atoms with Crippen molar-refractivity contribution in [3.63, 3.8) is 0 Å².